The summed E-state index contributed by atoms with van der Waals surface area (Å²) in [7, 11) is -2.07. The molecule has 1 N–H and O–H groups in total. The molecule has 0 atom stereocenters. The van der Waals surface area contributed by atoms with Gasteiger partial charge in [0.25, 0.3) is 0 Å². The van der Waals surface area contributed by atoms with Gasteiger partial charge < -0.3 is 5.32 Å². The summed E-state index contributed by atoms with van der Waals surface area (Å²) in [5.41, 5.74) is -1.81. The van der Waals surface area contributed by atoms with Gasteiger partial charge in [-0.05, 0) is 50.6 Å². The monoisotopic (exact) mass is 397 g/mol. The van der Waals surface area contributed by atoms with Crippen molar-refractivity contribution < 1.29 is 21.6 Å². The molecule has 140 valence electrons. The van der Waals surface area contributed by atoms with Crippen LogP contribution in [0.5, 0.6) is 0 Å². The molecule has 0 unspecified atom stereocenters. The Balaban J connectivity index is 0.00000312. The summed E-state index contributed by atoms with van der Waals surface area (Å²) in [6.07, 6.45) is -3.32. The Kier molecular flexibility index (Phi) is 7.26. The molecule has 0 bridgehead atoms. The lowest BCUT2D eigenvalue weighted by molar-refractivity contribution is -0.137. The maximum atomic E-state index is 12.8. The first-order valence-electron chi connectivity index (χ1n) is 7.46. The topological polar surface area (TPSA) is 73.2 Å². The lowest BCUT2D eigenvalue weighted by atomic mass is 9.98. The Hall–Kier alpha value is -1.34. The third-order valence-corrected chi connectivity index (χ3v) is 6.02. The SMILES string of the molecule is CNCC1CCN(S(=O)(=O)c2ccc(C(F)(F)F)c(C#N)c2)CC1.Cl. The second-order valence-corrected chi connectivity index (χ2v) is 7.66. The van der Waals surface area contributed by atoms with Crippen LogP contribution in [0.25, 0.3) is 0 Å². The quantitative estimate of drug-likeness (QED) is 0.847. The molecule has 1 aliphatic rings. The average Bonchev–Trinajstić information content (AvgIpc) is 2.54. The summed E-state index contributed by atoms with van der Waals surface area (Å²) in [6.45, 7) is 1.43. The van der Waals surface area contributed by atoms with Gasteiger partial charge in [-0.3, -0.25) is 0 Å². The zero-order valence-corrected chi connectivity index (χ0v) is 15.1. The van der Waals surface area contributed by atoms with Gasteiger partial charge >= 0.3 is 6.18 Å². The van der Waals surface area contributed by atoms with Crippen LogP contribution in [0.3, 0.4) is 0 Å². The first kappa shape index (κ1) is 21.7. The van der Waals surface area contributed by atoms with E-state index in [1.165, 1.54) is 10.4 Å². The molecule has 0 aromatic heterocycles. The number of nitrogens with one attached hydrogen (secondary N) is 1. The van der Waals surface area contributed by atoms with E-state index in [0.717, 1.165) is 18.7 Å². The smallest absolute Gasteiger partial charge is 0.319 e. The van der Waals surface area contributed by atoms with Crippen LogP contribution < -0.4 is 5.32 Å². The van der Waals surface area contributed by atoms with Crippen molar-refractivity contribution in [3.05, 3.63) is 29.3 Å². The number of nitriles is 1. The Bertz CT molecular complexity index is 739. The number of piperidine rings is 1. The van der Waals surface area contributed by atoms with Gasteiger partial charge in [0.1, 0.15) is 0 Å². The molecule has 1 heterocycles. The minimum absolute atomic E-state index is 0. The highest BCUT2D eigenvalue weighted by molar-refractivity contribution is 7.89. The van der Waals surface area contributed by atoms with E-state index in [1.54, 1.807) is 0 Å². The van der Waals surface area contributed by atoms with Crippen LogP contribution in [-0.2, 0) is 16.2 Å². The number of halogens is 4. The molecule has 0 saturated carbocycles. The van der Waals surface area contributed by atoms with Gasteiger partial charge in [-0.25, -0.2) is 8.42 Å². The Morgan fingerprint density at radius 1 is 1.32 bits per heavy atom. The fraction of sp³-hybridized carbons (Fsp3) is 0.533. The highest BCUT2D eigenvalue weighted by Gasteiger charge is 2.35. The Labute approximate surface area is 151 Å². The predicted molar refractivity (Wildman–Crippen MR) is 88.8 cm³/mol. The van der Waals surface area contributed by atoms with Crippen molar-refractivity contribution in [2.45, 2.75) is 23.9 Å². The molecule has 0 radical (unpaired) electrons. The van der Waals surface area contributed by atoms with E-state index in [-0.39, 0.29) is 17.3 Å². The molecule has 2 rings (SSSR count). The van der Waals surface area contributed by atoms with E-state index < -0.39 is 27.3 Å². The molecule has 1 aliphatic heterocycles. The fourth-order valence-corrected chi connectivity index (χ4v) is 4.31. The minimum atomic E-state index is -4.70. The lowest BCUT2D eigenvalue weighted by Gasteiger charge is -2.31. The number of rotatable bonds is 4. The number of alkyl halides is 3. The van der Waals surface area contributed by atoms with Crippen molar-refractivity contribution in [3.8, 4) is 6.07 Å². The molecule has 0 spiro atoms. The molecule has 0 aliphatic carbocycles. The summed E-state index contributed by atoms with van der Waals surface area (Å²) < 4.78 is 64.9. The van der Waals surface area contributed by atoms with E-state index in [0.29, 0.717) is 37.9 Å². The lowest BCUT2D eigenvalue weighted by Crippen LogP contribution is -2.40. The molecule has 25 heavy (non-hydrogen) atoms. The first-order chi connectivity index (χ1) is 11.2. The van der Waals surface area contributed by atoms with Crippen LogP contribution in [0.1, 0.15) is 24.0 Å². The van der Waals surface area contributed by atoms with E-state index in [2.05, 4.69) is 5.32 Å². The third-order valence-electron chi connectivity index (χ3n) is 4.12. The predicted octanol–water partition coefficient (Wildman–Crippen LogP) is 2.62. The van der Waals surface area contributed by atoms with E-state index in [1.807, 2.05) is 7.05 Å². The van der Waals surface area contributed by atoms with Gasteiger partial charge in [-0.1, -0.05) is 0 Å². The Morgan fingerprint density at radius 2 is 1.92 bits per heavy atom. The number of nitrogens with zero attached hydrogens (tertiary/aromatic N) is 2. The normalized spacial score (nSPS) is 16.9. The van der Waals surface area contributed by atoms with Crippen molar-refractivity contribution in [1.29, 1.82) is 5.26 Å². The molecule has 1 fully saturated rings. The second kappa shape index (κ2) is 8.36. The summed E-state index contributed by atoms with van der Waals surface area (Å²) >= 11 is 0. The Morgan fingerprint density at radius 3 is 2.40 bits per heavy atom. The highest BCUT2D eigenvalue weighted by Crippen LogP contribution is 2.33. The summed E-state index contributed by atoms with van der Waals surface area (Å²) in [6, 6.07) is 3.80. The van der Waals surface area contributed by atoms with Crippen LogP contribution >= 0.6 is 12.4 Å². The largest absolute Gasteiger partial charge is 0.417 e. The molecule has 10 heteroatoms. The van der Waals surface area contributed by atoms with Crippen LogP contribution in [0.2, 0.25) is 0 Å². The number of sulfonamides is 1. The van der Waals surface area contributed by atoms with Gasteiger partial charge in [-0.15, -0.1) is 12.4 Å². The number of hydrogen-bond donors (Lipinski definition) is 1. The number of hydrogen-bond acceptors (Lipinski definition) is 4. The molecule has 1 aromatic rings. The van der Waals surface area contributed by atoms with Gasteiger partial charge in [0, 0.05) is 13.1 Å². The summed E-state index contributed by atoms with van der Waals surface area (Å²) in [5.74, 6) is 0.378. The van der Waals surface area contributed by atoms with E-state index in [9.17, 15) is 21.6 Å². The summed E-state index contributed by atoms with van der Waals surface area (Å²) in [5, 5.41) is 12.0. The minimum Gasteiger partial charge on any atom is -0.319 e. The van der Waals surface area contributed by atoms with Crippen LogP contribution in [0, 0.1) is 17.2 Å². The van der Waals surface area contributed by atoms with Crippen LogP contribution in [0.15, 0.2) is 23.1 Å². The highest BCUT2D eigenvalue weighted by atomic mass is 35.5. The average molecular weight is 398 g/mol. The van der Waals surface area contributed by atoms with Crippen molar-refractivity contribution >= 4 is 22.4 Å². The van der Waals surface area contributed by atoms with Crippen molar-refractivity contribution in [2.24, 2.45) is 5.92 Å². The van der Waals surface area contributed by atoms with Gasteiger partial charge in [0.2, 0.25) is 10.0 Å². The summed E-state index contributed by atoms with van der Waals surface area (Å²) in [4.78, 5) is -0.279. The molecular weight excluding hydrogens is 379 g/mol. The van der Waals surface area contributed by atoms with Gasteiger partial charge in [0.15, 0.2) is 0 Å². The molecule has 1 aromatic carbocycles. The second-order valence-electron chi connectivity index (χ2n) is 5.72. The maximum absolute atomic E-state index is 12.8. The zero-order chi connectivity index (χ0) is 18.0. The zero-order valence-electron chi connectivity index (χ0n) is 13.5. The van der Waals surface area contributed by atoms with Crippen molar-refractivity contribution in [1.82, 2.24) is 9.62 Å². The fourth-order valence-electron chi connectivity index (χ4n) is 2.82. The van der Waals surface area contributed by atoms with Gasteiger partial charge in [-0.2, -0.15) is 22.7 Å². The van der Waals surface area contributed by atoms with Crippen LogP contribution in [-0.4, -0.2) is 39.4 Å². The molecule has 1 saturated heterocycles. The third kappa shape index (κ3) is 4.85. The van der Waals surface area contributed by atoms with Gasteiger partial charge in [0.05, 0.1) is 22.1 Å². The van der Waals surface area contributed by atoms with Crippen molar-refractivity contribution in [2.75, 3.05) is 26.7 Å². The van der Waals surface area contributed by atoms with Crippen LogP contribution in [0.4, 0.5) is 13.2 Å². The van der Waals surface area contributed by atoms with Crippen molar-refractivity contribution in [3.63, 3.8) is 0 Å². The number of benzene rings is 1. The standard InChI is InChI=1S/C15H18F3N3O2S.ClH/c1-20-10-11-4-6-21(7-5-11)24(22,23)13-2-3-14(15(16,17)18)12(8-13)9-19;/h2-3,8,11,20H,4-7,10H2,1H3;1H. The maximum Gasteiger partial charge on any atom is 0.417 e. The van der Waals surface area contributed by atoms with E-state index in [4.69, 9.17) is 5.26 Å². The molecule has 0 amide bonds. The first-order valence-corrected chi connectivity index (χ1v) is 8.90. The molecule has 5 nitrogen and oxygen atoms in total. The van der Waals surface area contributed by atoms with E-state index >= 15 is 0 Å². The molecular formula is C15H19ClF3N3O2S.